The molecule has 1 aromatic heterocycles. The largest absolute Gasteiger partial charge is 0.379 e. The molecule has 0 saturated carbocycles. The molecule has 2 fully saturated rings. The number of carbonyl (C=O) groups excluding carboxylic acids is 1. The van der Waals surface area contributed by atoms with Crippen LogP contribution in [0.3, 0.4) is 0 Å². The standard InChI is InChI=1S/C17H26N4O3S/c1-12(20-7-9-24-10-8-20)13-3-5-21(6-4-13)16(23)14-11-18-17(25-2)19-15(14)22/h11-13H,3-10H2,1-2H3,(H,18,19,22)/t12-/m0/s1. The molecular formula is C17H26N4O3S. The molecule has 0 aromatic carbocycles. The lowest BCUT2D eigenvalue weighted by atomic mass is 9.89. The van der Waals surface area contributed by atoms with Crippen molar-refractivity contribution in [2.75, 3.05) is 45.6 Å². The van der Waals surface area contributed by atoms with E-state index >= 15 is 0 Å². The molecule has 25 heavy (non-hydrogen) atoms. The van der Waals surface area contributed by atoms with Gasteiger partial charge < -0.3 is 14.6 Å². The topological polar surface area (TPSA) is 78.5 Å². The predicted molar refractivity (Wildman–Crippen MR) is 97.1 cm³/mol. The summed E-state index contributed by atoms with van der Waals surface area (Å²) in [5, 5.41) is 0.527. The maximum Gasteiger partial charge on any atom is 0.264 e. The van der Waals surface area contributed by atoms with Gasteiger partial charge in [-0.25, -0.2) is 4.98 Å². The van der Waals surface area contributed by atoms with E-state index in [0.29, 0.717) is 30.2 Å². The number of amides is 1. The summed E-state index contributed by atoms with van der Waals surface area (Å²) in [5.74, 6) is 0.372. The molecule has 0 radical (unpaired) electrons. The molecule has 1 aromatic rings. The van der Waals surface area contributed by atoms with E-state index in [4.69, 9.17) is 4.74 Å². The smallest absolute Gasteiger partial charge is 0.264 e. The molecule has 0 bridgehead atoms. The molecule has 0 spiro atoms. The van der Waals surface area contributed by atoms with Crippen molar-refractivity contribution in [3.8, 4) is 0 Å². The fourth-order valence-corrected chi connectivity index (χ4v) is 4.03. The first kappa shape index (κ1) is 18.4. The Morgan fingerprint density at radius 3 is 2.60 bits per heavy atom. The first-order valence-electron chi connectivity index (χ1n) is 8.84. The number of nitrogens with zero attached hydrogens (tertiary/aromatic N) is 3. The van der Waals surface area contributed by atoms with Crippen LogP contribution in [-0.2, 0) is 4.74 Å². The molecule has 2 aliphatic rings. The van der Waals surface area contributed by atoms with Crippen LogP contribution in [0, 0.1) is 5.92 Å². The molecule has 1 atom stereocenters. The van der Waals surface area contributed by atoms with Crippen LogP contribution in [0.4, 0.5) is 0 Å². The summed E-state index contributed by atoms with van der Waals surface area (Å²) in [6.07, 6.45) is 5.17. The second-order valence-electron chi connectivity index (χ2n) is 6.65. The average Bonchev–Trinajstić information content (AvgIpc) is 2.67. The highest BCUT2D eigenvalue weighted by Crippen LogP contribution is 2.25. The Bertz CT molecular complexity index is 652. The van der Waals surface area contributed by atoms with Crippen LogP contribution in [0.1, 0.15) is 30.1 Å². The van der Waals surface area contributed by atoms with Crippen LogP contribution in [-0.4, -0.2) is 77.4 Å². The molecule has 2 saturated heterocycles. The monoisotopic (exact) mass is 366 g/mol. The summed E-state index contributed by atoms with van der Waals surface area (Å²) in [6, 6.07) is 0.507. The van der Waals surface area contributed by atoms with Crippen molar-refractivity contribution in [2.45, 2.75) is 31.0 Å². The molecule has 2 aliphatic heterocycles. The van der Waals surface area contributed by atoms with Crippen LogP contribution in [0.2, 0.25) is 0 Å². The van der Waals surface area contributed by atoms with Crippen molar-refractivity contribution in [1.29, 1.82) is 0 Å². The Balaban J connectivity index is 1.58. The van der Waals surface area contributed by atoms with Gasteiger partial charge in [0.15, 0.2) is 5.16 Å². The Kier molecular flexibility index (Phi) is 6.14. The lowest BCUT2D eigenvalue weighted by Gasteiger charge is -2.41. The normalized spacial score (nSPS) is 21.3. The van der Waals surface area contributed by atoms with Crippen molar-refractivity contribution >= 4 is 17.7 Å². The molecule has 1 amide bonds. The van der Waals surface area contributed by atoms with E-state index in [9.17, 15) is 9.59 Å². The SMILES string of the molecule is CSc1ncc(C(=O)N2CCC([C@H](C)N3CCOCC3)CC2)c(=O)[nH]1. The van der Waals surface area contributed by atoms with Gasteiger partial charge in [0.05, 0.1) is 13.2 Å². The lowest BCUT2D eigenvalue weighted by Crippen LogP contribution is -2.49. The second kappa shape index (κ2) is 8.33. The molecular weight excluding hydrogens is 340 g/mol. The third-order valence-electron chi connectivity index (χ3n) is 5.33. The Labute approximate surface area is 152 Å². The number of rotatable bonds is 4. The van der Waals surface area contributed by atoms with E-state index in [2.05, 4.69) is 21.8 Å². The van der Waals surface area contributed by atoms with Crippen molar-refractivity contribution in [3.63, 3.8) is 0 Å². The number of nitrogens with one attached hydrogen (secondary N) is 1. The summed E-state index contributed by atoms with van der Waals surface area (Å²) in [4.78, 5) is 35.8. The molecule has 3 heterocycles. The molecule has 0 aliphatic carbocycles. The van der Waals surface area contributed by atoms with E-state index in [1.807, 2.05) is 6.26 Å². The van der Waals surface area contributed by atoms with Crippen molar-refractivity contribution in [3.05, 3.63) is 22.1 Å². The average molecular weight is 366 g/mol. The molecule has 8 heteroatoms. The fraction of sp³-hybridized carbons (Fsp3) is 0.706. The summed E-state index contributed by atoms with van der Waals surface area (Å²) >= 11 is 1.35. The van der Waals surface area contributed by atoms with Gasteiger partial charge in [-0.2, -0.15) is 0 Å². The number of ether oxygens (including phenoxy) is 1. The minimum Gasteiger partial charge on any atom is -0.379 e. The number of aromatic nitrogens is 2. The first-order valence-corrected chi connectivity index (χ1v) is 10.1. The van der Waals surface area contributed by atoms with Crippen molar-refractivity contribution in [1.82, 2.24) is 19.8 Å². The van der Waals surface area contributed by atoms with Crippen LogP contribution in [0.25, 0.3) is 0 Å². The van der Waals surface area contributed by atoms with E-state index in [0.717, 1.165) is 39.1 Å². The van der Waals surface area contributed by atoms with Crippen molar-refractivity contribution < 1.29 is 9.53 Å². The van der Waals surface area contributed by atoms with Crippen LogP contribution in [0.5, 0.6) is 0 Å². The van der Waals surface area contributed by atoms with E-state index < -0.39 is 0 Å². The van der Waals surface area contributed by atoms with E-state index in [-0.39, 0.29) is 17.0 Å². The number of aromatic amines is 1. The quantitative estimate of drug-likeness (QED) is 0.634. The predicted octanol–water partition coefficient (Wildman–Crippen LogP) is 1.06. The van der Waals surface area contributed by atoms with E-state index in [1.54, 1.807) is 4.90 Å². The number of thioether (sulfide) groups is 1. The first-order chi connectivity index (χ1) is 12.1. The summed E-state index contributed by atoms with van der Waals surface area (Å²) in [6.45, 7) is 7.27. The number of H-pyrrole nitrogens is 1. The summed E-state index contributed by atoms with van der Waals surface area (Å²) in [5.41, 5.74) is -0.217. The lowest BCUT2D eigenvalue weighted by molar-refractivity contribution is -0.000965. The zero-order valence-electron chi connectivity index (χ0n) is 14.9. The van der Waals surface area contributed by atoms with Gasteiger partial charge in [-0.15, -0.1) is 0 Å². The van der Waals surface area contributed by atoms with Gasteiger partial charge >= 0.3 is 0 Å². The zero-order valence-corrected chi connectivity index (χ0v) is 15.7. The van der Waals surface area contributed by atoms with Gasteiger partial charge in [0.2, 0.25) is 0 Å². The maximum absolute atomic E-state index is 12.6. The van der Waals surface area contributed by atoms with Gasteiger partial charge in [-0.3, -0.25) is 14.5 Å². The highest BCUT2D eigenvalue weighted by molar-refractivity contribution is 7.98. The van der Waals surface area contributed by atoms with Gasteiger partial charge in [0.1, 0.15) is 5.56 Å². The fourth-order valence-electron chi connectivity index (χ4n) is 3.67. The summed E-state index contributed by atoms with van der Waals surface area (Å²) in [7, 11) is 0. The van der Waals surface area contributed by atoms with Gasteiger partial charge in [-0.1, -0.05) is 11.8 Å². The number of carbonyl (C=O) groups is 1. The molecule has 1 N–H and O–H groups in total. The number of likely N-dealkylation sites (tertiary alicyclic amines) is 1. The van der Waals surface area contributed by atoms with Crippen LogP contribution in [0.15, 0.2) is 16.1 Å². The summed E-state index contributed by atoms with van der Waals surface area (Å²) < 4.78 is 5.43. The Morgan fingerprint density at radius 2 is 2.00 bits per heavy atom. The van der Waals surface area contributed by atoms with Crippen LogP contribution >= 0.6 is 11.8 Å². The maximum atomic E-state index is 12.6. The number of hydrogen-bond acceptors (Lipinski definition) is 6. The number of piperidine rings is 1. The van der Waals surface area contributed by atoms with E-state index in [1.165, 1.54) is 18.0 Å². The minimum absolute atomic E-state index is 0.137. The highest BCUT2D eigenvalue weighted by atomic mass is 32.2. The molecule has 3 rings (SSSR count). The molecule has 0 unspecified atom stereocenters. The number of morpholine rings is 1. The highest BCUT2D eigenvalue weighted by Gasteiger charge is 2.31. The molecule has 7 nitrogen and oxygen atoms in total. The van der Waals surface area contributed by atoms with Crippen LogP contribution < -0.4 is 5.56 Å². The van der Waals surface area contributed by atoms with Crippen molar-refractivity contribution in [2.24, 2.45) is 5.92 Å². The number of hydrogen-bond donors (Lipinski definition) is 1. The Morgan fingerprint density at radius 1 is 1.32 bits per heavy atom. The zero-order chi connectivity index (χ0) is 17.8. The second-order valence-corrected chi connectivity index (χ2v) is 7.45. The Hall–Kier alpha value is -1.38. The van der Waals surface area contributed by atoms with Gasteiger partial charge in [0, 0.05) is 38.4 Å². The minimum atomic E-state index is -0.354. The van der Waals surface area contributed by atoms with Gasteiger partial charge in [-0.05, 0) is 31.9 Å². The van der Waals surface area contributed by atoms with Gasteiger partial charge in [0.25, 0.3) is 11.5 Å². The third kappa shape index (κ3) is 4.24. The molecule has 138 valence electrons. The third-order valence-corrected chi connectivity index (χ3v) is 5.92.